The molecule has 154 valence electrons. The van der Waals surface area contributed by atoms with Gasteiger partial charge in [0.15, 0.2) is 11.6 Å². The van der Waals surface area contributed by atoms with Crippen LogP contribution >= 0.6 is 23.2 Å². The van der Waals surface area contributed by atoms with Gasteiger partial charge in [-0.1, -0.05) is 41.4 Å². The van der Waals surface area contributed by atoms with Crippen molar-refractivity contribution in [1.82, 2.24) is 15.7 Å². The monoisotopic (exact) mass is 442 g/mol. The van der Waals surface area contributed by atoms with E-state index < -0.39 is 0 Å². The number of halogens is 2. The molecule has 0 spiro atoms. The number of aryl methyl sites for hydroxylation is 2. The largest absolute Gasteiger partial charge is 0.455 e. The third-order valence-electron chi connectivity index (χ3n) is 4.67. The Hall–Kier alpha value is -2.67. The second-order valence-electron chi connectivity index (χ2n) is 7.07. The van der Waals surface area contributed by atoms with Crippen molar-refractivity contribution in [3.8, 4) is 11.5 Å². The minimum Gasteiger partial charge on any atom is -0.455 e. The summed E-state index contributed by atoms with van der Waals surface area (Å²) in [7, 11) is 0. The van der Waals surface area contributed by atoms with Gasteiger partial charge in [0.25, 0.3) is 0 Å². The smallest absolute Gasteiger partial charge is 0.160 e. The molecule has 4 rings (SSSR count). The van der Waals surface area contributed by atoms with E-state index in [4.69, 9.17) is 37.8 Å². The van der Waals surface area contributed by atoms with Gasteiger partial charge in [-0.15, -0.1) is 0 Å². The van der Waals surface area contributed by atoms with Crippen LogP contribution in [0, 0.1) is 13.8 Å². The summed E-state index contributed by atoms with van der Waals surface area (Å²) < 4.78 is 6.03. The number of nitrogens with zero attached hydrogens (tertiary/aromatic N) is 3. The molecular weight excluding hydrogens is 423 g/mol. The number of rotatable bonds is 5. The van der Waals surface area contributed by atoms with Crippen LogP contribution in [-0.4, -0.2) is 28.7 Å². The fourth-order valence-corrected chi connectivity index (χ4v) is 3.72. The Kier molecular flexibility index (Phi) is 6.18. The molecule has 2 heterocycles. The number of ether oxygens (including phenoxy) is 1. The van der Waals surface area contributed by atoms with E-state index in [0.717, 1.165) is 16.1 Å². The summed E-state index contributed by atoms with van der Waals surface area (Å²) >= 11 is 12.5. The normalized spacial score (nSPS) is 16.0. The van der Waals surface area contributed by atoms with Gasteiger partial charge in [0.1, 0.15) is 5.75 Å². The fourth-order valence-electron chi connectivity index (χ4n) is 3.23. The van der Waals surface area contributed by atoms with Crippen LogP contribution in [0.5, 0.6) is 11.5 Å². The molecule has 0 saturated carbocycles. The highest BCUT2D eigenvalue weighted by molar-refractivity contribution is 6.31. The number of amidine groups is 1. The average Bonchev–Trinajstić information content (AvgIpc) is 2.71. The van der Waals surface area contributed by atoms with Gasteiger partial charge in [-0.2, -0.15) is 10.2 Å². The highest BCUT2D eigenvalue weighted by atomic mass is 35.5. The van der Waals surface area contributed by atoms with E-state index in [1.807, 2.05) is 44.2 Å². The lowest BCUT2D eigenvalue weighted by molar-refractivity contribution is 0.0623. The SMILES string of the molecule is Cc1ccc(CC2CONC(c3c(Oc4cccc(Cl)c4)cnnc3C)=N2)c(Cl)c1. The zero-order valence-corrected chi connectivity index (χ0v) is 18.0. The van der Waals surface area contributed by atoms with Gasteiger partial charge in [-0.3, -0.25) is 9.83 Å². The van der Waals surface area contributed by atoms with Crippen LogP contribution in [-0.2, 0) is 11.3 Å². The van der Waals surface area contributed by atoms with Crippen LogP contribution in [0.2, 0.25) is 10.0 Å². The molecule has 1 aliphatic rings. The summed E-state index contributed by atoms with van der Waals surface area (Å²) in [5.41, 5.74) is 6.40. The predicted octanol–water partition coefficient (Wildman–Crippen LogP) is 5.09. The Bertz CT molecular complexity index is 1100. The summed E-state index contributed by atoms with van der Waals surface area (Å²) in [4.78, 5) is 10.5. The van der Waals surface area contributed by atoms with Crippen molar-refractivity contribution in [2.45, 2.75) is 26.3 Å². The first-order valence-corrected chi connectivity index (χ1v) is 10.2. The maximum absolute atomic E-state index is 6.40. The lowest BCUT2D eigenvalue weighted by atomic mass is 10.0. The topological polar surface area (TPSA) is 68.6 Å². The molecule has 0 fully saturated rings. The average molecular weight is 443 g/mol. The molecule has 1 atom stereocenters. The van der Waals surface area contributed by atoms with Crippen molar-refractivity contribution >= 4 is 29.0 Å². The number of nitrogens with one attached hydrogen (secondary N) is 1. The Morgan fingerprint density at radius 1 is 1.17 bits per heavy atom. The minimum absolute atomic E-state index is 0.104. The molecule has 0 saturated heterocycles. The molecule has 0 aliphatic carbocycles. The Labute approximate surface area is 184 Å². The number of aliphatic imine (C=N–C) groups is 1. The van der Waals surface area contributed by atoms with Crippen molar-refractivity contribution in [3.05, 3.63) is 81.1 Å². The van der Waals surface area contributed by atoms with Gasteiger partial charge in [0.2, 0.25) is 0 Å². The Morgan fingerprint density at radius 3 is 2.83 bits per heavy atom. The number of hydroxylamine groups is 1. The molecule has 8 heteroatoms. The molecule has 1 aromatic heterocycles. The van der Waals surface area contributed by atoms with Gasteiger partial charge in [0, 0.05) is 10.0 Å². The molecule has 0 radical (unpaired) electrons. The van der Waals surface area contributed by atoms with E-state index in [2.05, 4.69) is 15.7 Å². The van der Waals surface area contributed by atoms with Crippen LogP contribution in [0.15, 0.2) is 53.7 Å². The summed E-state index contributed by atoms with van der Waals surface area (Å²) in [6.45, 7) is 4.29. The zero-order valence-electron chi connectivity index (χ0n) is 16.5. The summed E-state index contributed by atoms with van der Waals surface area (Å²) in [6, 6.07) is 13.1. The van der Waals surface area contributed by atoms with Crippen molar-refractivity contribution in [3.63, 3.8) is 0 Å². The van der Waals surface area contributed by atoms with Crippen molar-refractivity contribution < 1.29 is 9.57 Å². The first-order chi connectivity index (χ1) is 14.5. The van der Waals surface area contributed by atoms with Gasteiger partial charge in [-0.05, 0) is 55.7 Å². The van der Waals surface area contributed by atoms with Gasteiger partial charge in [0.05, 0.1) is 30.1 Å². The third kappa shape index (κ3) is 4.73. The quantitative estimate of drug-likeness (QED) is 0.595. The number of benzene rings is 2. The highest BCUT2D eigenvalue weighted by Gasteiger charge is 2.23. The van der Waals surface area contributed by atoms with Crippen LogP contribution in [0.1, 0.15) is 22.4 Å². The number of hydrogen-bond donors (Lipinski definition) is 1. The summed E-state index contributed by atoms with van der Waals surface area (Å²) in [5, 5.41) is 9.49. The van der Waals surface area contributed by atoms with E-state index in [1.165, 1.54) is 0 Å². The number of aromatic nitrogens is 2. The zero-order chi connectivity index (χ0) is 21.1. The minimum atomic E-state index is -0.104. The summed E-state index contributed by atoms with van der Waals surface area (Å²) in [5.74, 6) is 1.64. The maximum atomic E-state index is 6.40. The molecule has 30 heavy (non-hydrogen) atoms. The van der Waals surface area contributed by atoms with E-state index in [0.29, 0.717) is 46.6 Å². The predicted molar refractivity (Wildman–Crippen MR) is 118 cm³/mol. The Morgan fingerprint density at radius 2 is 2.03 bits per heavy atom. The van der Waals surface area contributed by atoms with E-state index in [1.54, 1.807) is 18.3 Å². The van der Waals surface area contributed by atoms with E-state index in [-0.39, 0.29) is 6.04 Å². The van der Waals surface area contributed by atoms with Crippen molar-refractivity contribution in [1.29, 1.82) is 0 Å². The van der Waals surface area contributed by atoms with Crippen LogP contribution in [0.4, 0.5) is 0 Å². The summed E-state index contributed by atoms with van der Waals surface area (Å²) in [6.07, 6.45) is 2.21. The van der Waals surface area contributed by atoms with Gasteiger partial charge < -0.3 is 4.74 Å². The van der Waals surface area contributed by atoms with Crippen LogP contribution in [0.25, 0.3) is 0 Å². The lowest BCUT2D eigenvalue weighted by Crippen LogP contribution is -2.37. The van der Waals surface area contributed by atoms with Gasteiger partial charge in [-0.25, -0.2) is 5.48 Å². The first-order valence-electron chi connectivity index (χ1n) is 9.46. The van der Waals surface area contributed by atoms with Crippen molar-refractivity contribution in [2.75, 3.05) is 6.61 Å². The van der Waals surface area contributed by atoms with Crippen molar-refractivity contribution in [2.24, 2.45) is 4.99 Å². The lowest BCUT2D eigenvalue weighted by Gasteiger charge is -2.24. The fraction of sp³-hybridized carbons (Fsp3) is 0.227. The molecule has 0 amide bonds. The van der Waals surface area contributed by atoms with E-state index >= 15 is 0 Å². The molecule has 1 N–H and O–H groups in total. The van der Waals surface area contributed by atoms with Crippen LogP contribution < -0.4 is 10.2 Å². The van der Waals surface area contributed by atoms with Crippen LogP contribution in [0.3, 0.4) is 0 Å². The molecule has 1 unspecified atom stereocenters. The van der Waals surface area contributed by atoms with E-state index in [9.17, 15) is 0 Å². The molecular formula is C22H20Cl2N4O2. The maximum Gasteiger partial charge on any atom is 0.160 e. The first kappa shape index (κ1) is 20.6. The molecule has 2 aromatic carbocycles. The standard InChI is InChI=1S/C22H20Cl2N4O2/c1-13-6-7-15(19(24)8-13)9-17-12-29-28-22(26-17)21-14(2)27-25-11-20(21)30-18-5-3-4-16(23)10-18/h3-8,10-11,17H,9,12H2,1-2H3,(H,26,28). The second kappa shape index (κ2) is 9.00. The third-order valence-corrected chi connectivity index (χ3v) is 5.26. The molecule has 6 nitrogen and oxygen atoms in total. The molecule has 0 bridgehead atoms. The number of hydrogen-bond acceptors (Lipinski definition) is 6. The van der Waals surface area contributed by atoms with Gasteiger partial charge >= 0.3 is 0 Å². The Balaban J connectivity index is 1.64. The second-order valence-corrected chi connectivity index (χ2v) is 7.92. The molecule has 3 aromatic rings. The highest BCUT2D eigenvalue weighted by Crippen LogP contribution is 2.29. The molecule has 1 aliphatic heterocycles.